The van der Waals surface area contributed by atoms with Crippen LogP contribution in [-0.4, -0.2) is 9.78 Å². The highest BCUT2D eigenvalue weighted by atomic mass is 19.1. The molecule has 1 aromatic heterocycles. The molecule has 0 radical (unpaired) electrons. The Morgan fingerprint density at radius 1 is 1.39 bits per heavy atom. The van der Waals surface area contributed by atoms with Crippen LogP contribution in [0.15, 0.2) is 30.5 Å². The number of benzene rings is 1. The molecule has 92 valence electrons. The first-order valence-electron chi connectivity index (χ1n) is 5.62. The van der Waals surface area contributed by atoms with Crippen LogP contribution in [0, 0.1) is 17.1 Å². The molecule has 0 spiro atoms. The average molecular weight is 244 g/mol. The average Bonchev–Trinajstić information content (AvgIpc) is 2.80. The third-order valence-corrected chi connectivity index (χ3v) is 2.50. The number of halogens is 1. The van der Waals surface area contributed by atoms with E-state index in [0.29, 0.717) is 17.1 Å². The summed E-state index contributed by atoms with van der Waals surface area (Å²) in [5.41, 5.74) is 0.605. The van der Waals surface area contributed by atoms with Crippen molar-refractivity contribution in [2.45, 2.75) is 19.9 Å². The Morgan fingerprint density at radius 2 is 2.17 bits per heavy atom. The van der Waals surface area contributed by atoms with E-state index in [0.717, 1.165) is 0 Å². The molecule has 0 fully saturated rings. The quantitative estimate of drug-likeness (QED) is 0.901. The van der Waals surface area contributed by atoms with E-state index in [9.17, 15) is 4.39 Å². The van der Waals surface area contributed by atoms with E-state index >= 15 is 0 Å². The van der Waals surface area contributed by atoms with Gasteiger partial charge in [-0.15, -0.1) is 0 Å². The van der Waals surface area contributed by atoms with Crippen molar-refractivity contribution in [3.63, 3.8) is 0 Å². The lowest BCUT2D eigenvalue weighted by molar-refractivity contribution is 0.534. The van der Waals surface area contributed by atoms with E-state index in [2.05, 4.69) is 10.4 Å². The summed E-state index contributed by atoms with van der Waals surface area (Å²) in [4.78, 5) is 0. The maximum absolute atomic E-state index is 13.6. The summed E-state index contributed by atoms with van der Waals surface area (Å²) in [7, 11) is 0. The summed E-state index contributed by atoms with van der Waals surface area (Å²) in [5, 5.41) is 15.8. The van der Waals surface area contributed by atoms with Crippen molar-refractivity contribution in [1.29, 1.82) is 5.26 Å². The first-order valence-corrected chi connectivity index (χ1v) is 5.62. The van der Waals surface area contributed by atoms with Gasteiger partial charge in [-0.05, 0) is 32.0 Å². The molecule has 0 bridgehead atoms. The van der Waals surface area contributed by atoms with Gasteiger partial charge in [0.1, 0.15) is 5.82 Å². The van der Waals surface area contributed by atoms with Crippen molar-refractivity contribution in [3.8, 4) is 6.07 Å². The van der Waals surface area contributed by atoms with Gasteiger partial charge in [-0.2, -0.15) is 10.4 Å². The SMILES string of the molecule is CC(C)n1ccc(Nc2ccc(C#N)cc2F)n1. The number of nitriles is 1. The van der Waals surface area contributed by atoms with Gasteiger partial charge in [0, 0.05) is 18.3 Å². The van der Waals surface area contributed by atoms with Gasteiger partial charge in [0.15, 0.2) is 5.82 Å². The monoisotopic (exact) mass is 244 g/mol. The fourth-order valence-electron chi connectivity index (χ4n) is 1.52. The largest absolute Gasteiger partial charge is 0.336 e. The van der Waals surface area contributed by atoms with E-state index in [1.54, 1.807) is 16.8 Å². The van der Waals surface area contributed by atoms with Crippen LogP contribution in [-0.2, 0) is 0 Å². The van der Waals surface area contributed by atoms with Crippen LogP contribution in [0.5, 0.6) is 0 Å². The molecule has 18 heavy (non-hydrogen) atoms. The second kappa shape index (κ2) is 4.88. The van der Waals surface area contributed by atoms with Gasteiger partial charge in [-0.3, -0.25) is 4.68 Å². The molecule has 0 unspecified atom stereocenters. The second-order valence-electron chi connectivity index (χ2n) is 4.21. The molecule has 0 saturated heterocycles. The Balaban J connectivity index is 2.21. The molecule has 0 saturated carbocycles. The zero-order valence-corrected chi connectivity index (χ0v) is 10.2. The number of rotatable bonds is 3. The molecule has 0 aliphatic rings. The van der Waals surface area contributed by atoms with Crippen LogP contribution in [0.1, 0.15) is 25.5 Å². The van der Waals surface area contributed by atoms with Crippen LogP contribution in [0.3, 0.4) is 0 Å². The predicted octanol–water partition coefficient (Wildman–Crippen LogP) is 3.22. The Bertz CT molecular complexity index is 595. The minimum atomic E-state index is -0.465. The maximum Gasteiger partial charge on any atom is 0.152 e. The highest BCUT2D eigenvalue weighted by Gasteiger charge is 2.06. The van der Waals surface area contributed by atoms with Crippen molar-refractivity contribution in [2.24, 2.45) is 0 Å². The number of nitrogens with one attached hydrogen (secondary N) is 1. The first-order chi connectivity index (χ1) is 8.60. The maximum atomic E-state index is 13.6. The van der Waals surface area contributed by atoms with E-state index in [-0.39, 0.29) is 6.04 Å². The molecule has 5 heteroatoms. The number of hydrogen-bond acceptors (Lipinski definition) is 3. The summed E-state index contributed by atoms with van der Waals surface area (Å²) in [6.45, 7) is 4.03. The number of aromatic nitrogens is 2. The molecule has 0 aliphatic heterocycles. The van der Waals surface area contributed by atoms with Crippen LogP contribution >= 0.6 is 0 Å². The van der Waals surface area contributed by atoms with E-state index in [1.807, 2.05) is 26.1 Å². The molecule has 2 aromatic rings. The molecule has 0 atom stereocenters. The van der Waals surface area contributed by atoms with Crippen LogP contribution in [0.25, 0.3) is 0 Å². The summed E-state index contributed by atoms with van der Waals surface area (Å²) in [6.07, 6.45) is 1.83. The van der Waals surface area contributed by atoms with Gasteiger partial charge in [0.2, 0.25) is 0 Å². The van der Waals surface area contributed by atoms with Crippen molar-refractivity contribution in [1.82, 2.24) is 9.78 Å². The lowest BCUT2D eigenvalue weighted by Gasteiger charge is -2.06. The Kier molecular flexibility index (Phi) is 3.28. The molecule has 1 N–H and O–H groups in total. The smallest absolute Gasteiger partial charge is 0.152 e. The highest BCUT2D eigenvalue weighted by Crippen LogP contribution is 2.20. The van der Waals surface area contributed by atoms with Gasteiger partial charge >= 0.3 is 0 Å². The van der Waals surface area contributed by atoms with Gasteiger partial charge in [-0.25, -0.2) is 4.39 Å². The lowest BCUT2D eigenvalue weighted by Crippen LogP contribution is -2.02. The third kappa shape index (κ3) is 2.48. The lowest BCUT2D eigenvalue weighted by atomic mass is 10.2. The molecule has 0 amide bonds. The number of hydrogen-bond donors (Lipinski definition) is 1. The molecular formula is C13H13FN4. The van der Waals surface area contributed by atoms with Gasteiger partial charge < -0.3 is 5.32 Å². The van der Waals surface area contributed by atoms with E-state index in [4.69, 9.17) is 5.26 Å². The standard InChI is InChI=1S/C13H13FN4/c1-9(2)18-6-5-13(17-18)16-12-4-3-10(8-15)7-11(12)14/h3-7,9H,1-2H3,(H,16,17). The van der Waals surface area contributed by atoms with E-state index < -0.39 is 5.82 Å². The fourth-order valence-corrected chi connectivity index (χ4v) is 1.52. The summed E-state index contributed by atoms with van der Waals surface area (Å²) < 4.78 is 15.4. The summed E-state index contributed by atoms with van der Waals surface area (Å²) in [5.74, 6) is 0.112. The molecule has 0 aliphatic carbocycles. The first kappa shape index (κ1) is 12.1. The van der Waals surface area contributed by atoms with E-state index in [1.165, 1.54) is 12.1 Å². The zero-order valence-electron chi connectivity index (χ0n) is 10.2. The van der Waals surface area contributed by atoms with Crippen molar-refractivity contribution < 1.29 is 4.39 Å². The van der Waals surface area contributed by atoms with Crippen LogP contribution in [0.4, 0.5) is 15.9 Å². The minimum absolute atomic E-state index is 0.256. The molecule has 1 heterocycles. The Labute approximate surface area is 105 Å². The van der Waals surface area contributed by atoms with Crippen LogP contribution in [0.2, 0.25) is 0 Å². The molecular weight excluding hydrogens is 231 g/mol. The van der Waals surface area contributed by atoms with Gasteiger partial charge in [0.25, 0.3) is 0 Å². The molecule has 2 rings (SSSR count). The second-order valence-corrected chi connectivity index (χ2v) is 4.21. The Morgan fingerprint density at radius 3 is 2.72 bits per heavy atom. The topological polar surface area (TPSA) is 53.6 Å². The highest BCUT2D eigenvalue weighted by molar-refractivity contribution is 5.57. The zero-order chi connectivity index (χ0) is 13.1. The summed E-state index contributed by atoms with van der Waals surface area (Å²) in [6, 6.07) is 8.21. The minimum Gasteiger partial charge on any atom is -0.336 e. The predicted molar refractivity (Wildman–Crippen MR) is 67.0 cm³/mol. The van der Waals surface area contributed by atoms with Crippen molar-refractivity contribution in [3.05, 3.63) is 41.8 Å². The number of anilines is 2. The van der Waals surface area contributed by atoms with Gasteiger partial charge in [-0.1, -0.05) is 0 Å². The van der Waals surface area contributed by atoms with Gasteiger partial charge in [0.05, 0.1) is 17.3 Å². The van der Waals surface area contributed by atoms with Crippen molar-refractivity contribution >= 4 is 11.5 Å². The molecule has 1 aromatic carbocycles. The van der Waals surface area contributed by atoms with Crippen LogP contribution < -0.4 is 5.32 Å². The number of nitrogens with zero attached hydrogens (tertiary/aromatic N) is 3. The van der Waals surface area contributed by atoms with Crippen molar-refractivity contribution in [2.75, 3.05) is 5.32 Å². The fraction of sp³-hybridized carbons (Fsp3) is 0.231. The summed E-state index contributed by atoms with van der Waals surface area (Å²) >= 11 is 0. The third-order valence-electron chi connectivity index (χ3n) is 2.50. The Hall–Kier alpha value is -2.35. The normalized spacial score (nSPS) is 10.4. The molecule has 4 nitrogen and oxygen atoms in total.